The first-order valence-electron chi connectivity index (χ1n) is 2.93. The van der Waals surface area contributed by atoms with Gasteiger partial charge in [0.25, 0.3) is 0 Å². The second-order valence-corrected chi connectivity index (χ2v) is 2.76. The van der Waals surface area contributed by atoms with Gasteiger partial charge in [-0.2, -0.15) is 0 Å². The van der Waals surface area contributed by atoms with Crippen molar-refractivity contribution >= 4 is 12.6 Å². The molecule has 0 amide bonds. The SMILES string of the molecule is CCCC[C@H](C)[S]. The Balaban J connectivity index is 2.68. The molecule has 0 rings (SSSR count). The summed E-state index contributed by atoms with van der Waals surface area (Å²) in [7, 11) is 0. The van der Waals surface area contributed by atoms with Gasteiger partial charge in [0.1, 0.15) is 0 Å². The standard InChI is InChI=1S/C6H13S/c1-3-4-5-6(2)7/h6H,3-5H2,1-2H3/t6-/m0/s1. The molecule has 0 aromatic carbocycles. The molecule has 0 aromatic rings. The minimum atomic E-state index is 0.486. The van der Waals surface area contributed by atoms with E-state index in [0.29, 0.717) is 5.25 Å². The average molecular weight is 117 g/mol. The van der Waals surface area contributed by atoms with Gasteiger partial charge in [0.15, 0.2) is 0 Å². The van der Waals surface area contributed by atoms with E-state index in [0.717, 1.165) is 0 Å². The van der Waals surface area contributed by atoms with E-state index in [4.69, 9.17) is 12.6 Å². The molecule has 0 aliphatic carbocycles. The van der Waals surface area contributed by atoms with Crippen LogP contribution in [0.2, 0.25) is 0 Å². The molecule has 1 atom stereocenters. The van der Waals surface area contributed by atoms with Gasteiger partial charge in [-0.05, 0) is 6.42 Å². The monoisotopic (exact) mass is 117 g/mol. The number of rotatable bonds is 3. The van der Waals surface area contributed by atoms with Gasteiger partial charge in [0.05, 0.1) is 0 Å². The van der Waals surface area contributed by atoms with E-state index in [2.05, 4.69) is 13.8 Å². The number of unbranched alkanes of at least 4 members (excludes halogenated alkanes) is 1. The Morgan fingerprint density at radius 1 is 1.57 bits per heavy atom. The van der Waals surface area contributed by atoms with Crippen LogP contribution in [0.1, 0.15) is 33.1 Å². The van der Waals surface area contributed by atoms with Crippen molar-refractivity contribution in [2.24, 2.45) is 0 Å². The number of hydrogen-bond acceptors (Lipinski definition) is 0. The fraction of sp³-hybridized carbons (Fsp3) is 1.00. The van der Waals surface area contributed by atoms with Crippen molar-refractivity contribution in [2.75, 3.05) is 0 Å². The van der Waals surface area contributed by atoms with E-state index < -0.39 is 0 Å². The predicted molar refractivity (Wildman–Crippen MR) is 36.6 cm³/mol. The van der Waals surface area contributed by atoms with E-state index in [-0.39, 0.29) is 0 Å². The largest absolute Gasteiger partial charge is 0.0907 e. The number of hydrogen-bond donors (Lipinski definition) is 0. The minimum absolute atomic E-state index is 0.486. The second-order valence-electron chi connectivity index (χ2n) is 1.95. The van der Waals surface area contributed by atoms with Crippen LogP contribution in [0.4, 0.5) is 0 Å². The van der Waals surface area contributed by atoms with E-state index >= 15 is 0 Å². The van der Waals surface area contributed by atoms with Crippen LogP contribution in [-0.4, -0.2) is 5.25 Å². The van der Waals surface area contributed by atoms with E-state index in [9.17, 15) is 0 Å². The first-order valence-corrected chi connectivity index (χ1v) is 3.40. The van der Waals surface area contributed by atoms with Gasteiger partial charge in [0.2, 0.25) is 0 Å². The van der Waals surface area contributed by atoms with Gasteiger partial charge in [-0.3, -0.25) is 0 Å². The molecule has 0 saturated carbocycles. The van der Waals surface area contributed by atoms with Crippen LogP contribution in [0.25, 0.3) is 0 Å². The van der Waals surface area contributed by atoms with Crippen molar-refractivity contribution in [1.29, 1.82) is 0 Å². The van der Waals surface area contributed by atoms with Gasteiger partial charge in [-0.25, -0.2) is 0 Å². The normalized spacial score (nSPS) is 14.1. The van der Waals surface area contributed by atoms with E-state index in [1.54, 1.807) is 0 Å². The van der Waals surface area contributed by atoms with Crippen LogP contribution in [-0.2, 0) is 0 Å². The van der Waals surface area contributed by atoms with Crippen molar-refractivity contribution in [3.05, 3.63) is 0 Å². The smallest absolute Gasteiger partial charge is 0.0123 e. The maximum atomic E-state index is 4.94. The first kappa shape index (κ1) is 7.35. The zero-order chi connectivity index (χ0) is 5.70. The molecule has 0 fully saturated rings. The summed E-state index contributed by atoms with van der Waals surface area (Å²) in [6, 6.07) is 0. The Bertz CT molecular complexity index is 33.2. The molecule has 1 radical (unpaired) electrons. The maximum absolute atomic E-state index is 4.94. The Morgan fingerprint density at radius 2 is 2.14 bits per heavy atom. The molecule has 0 aromatic heterocycles. The molecule has 0 saturated heterocycles. The molecule has 0 unspecified atom stereocenters. The highest BCUT2D eigenvalue weighted by Crippen LogP contribution is 2.03. The third kappa shape index (κ3) is 6.35. The molecule has 0 spiro atoms. The maximum Gasteiger partial charge on any atom is 0.0123 e. The lowest BCUT2D eigenvalue weighted by molar-refractivity contribution is 0.716. The van der Waals surface area contributed by atoms with Crippen LogP contribution in [0.5, 0.6) is 0 Å². The molecular formula is C6H13S. The fourth-order valence-corrected chi connectivity index (χ4v) is 0.658. The molecule has 0 N–H and O–H groups in total. The lowest BCUT2D eigenvalue weighted by Crippen LogP contribution is -1.87. The van der Waals surface area contributed by atoms with Crippen LogP contribution >= 0.6 is 12.6 Å². The van der Waals surface area contributed by atoms with Gasteiger partial charge in [0, 0.05) is 5.25 Å². The summed E-state index contributed by atoms with van der Waals surface area (Å²) in [5.74, 6) is 0. The highest BCUT2D eigenvalue weighted by atomic mass is 32.1. The summed E-state index contributed by atoms with van der Waals surface area (Å²) < 4.78 is 0. The zero-order valence-corrected chi connectivity index (χ0v) is 5.92. The lowest BCUT2D eigenvalue weighted by atomic mass is 10.2. The Morgan fingerprint density at radius 3 is 2.29 bits per heavy atom. The molecule has 0 heterocycles. The summed E-state index contributed by atoms with van der Waals surface area (Å²) in [6.45, 7) is 4.28. The zero-order valence-electron chi connectivity index (χ0n) is 5.11. The van der Waals surface area contributed by atoms with Gasteiger partial charge >= 0.3 is 0 Å². The molecule has 0 bridgehead atoms. The minimum Gasteiger partial charge on any atom is -0.0907 e. The van der Waals surface area contributed by atoms with Crippen molar-refractivity contribution in [3.63, 3.8) is 0 Å². The van der Waals surface area contributed by atoms with Crippen molar-refractivity contribution < 1.29 is 0 Å². The quantitative estimate of drug-likeness (QED) is 0.533. The second kappa shape index (κ2) is 4.51. The highest BCUT2D eigenvalue weighted by Gasteiger charge is 1.90. The molecule has 1 heteroatoms. The van der Waals surface area contributed by atoms with Crippen molar-refractivity contribution in [2.45, 2.75) is 38.4 Å². The first-order chi connectivity index (χ1) is 3.27. The Kier molecular flexibility index (Phi) is 4.73. The van der Waals surface area contributed by atoms with Gasteiger partial charge in [-0.15, -0.1) is 0 Å². The molecular weight excluding hydrogens is 104 g/mol. The van der Waals surface area contributed by atoms with Gasteiger partial charge in [-0.1, -0.05) is 39.3 Å². The highest BCUT2D eigenvalue weighted by molar-refractivity contribution is 7.80. The average Bonchev–Trinajstić information content (AvgIpc) is 1.61. The molecule has 7 heavy (non-hydrogen) atoms. The summed E-state index contributed by atoms with van der Waals surface area (Å²) in [5, 5.41) is 0.486. The van der Waals surface area contributed by atoms with Crippen molar-refractivity contribution in [3.8, 4) is 0 Å². The van der Waals surface area contributed by atoms with Crippen molar-refractivity contribution in [1.82, 2.24) is 0 Å². The molecule has 0 aliphatic rings. The Hall–Kier alpha value is 0.350. The van der Waals surface area contributed by atoms with Crippen LogP contribution in [0.3, 0.4) is 0 Å². The summed E-state index contributed by atoms with van der Waals surface area (Å²) in [6.07, 6.45) is 3.79. The third-order valence-corrected chi connectivity index (χ3v) is 1.20. The summed E-state index contributed by atoms with van der Waals surface area (Å²) in [4.78, 5) is 0. The molecule has 0 aliphatic heterocycles. The Labute approximate surface area is 51.7 Å². The van der Waals surface area contributed by atoms with E-state index in [1.807, 2.05) is 0 Å². The molecule has 43 valence electrons. The predicted octanol–water partition coefficient (Wildman–Crippen LogP) is 2.76. The summed E-state index contributed by atoms with van der Waals surface area (Å²) in [5.41, 5.74) is 0. The van der Waals surface area contributed by atoms with Crippen LogP contribution < -0.4 is 0 Å². The van der Waals surface area contributed by atoms with Gasteiger partial charge < -0.3 is 0 Å². The fourth-order valence-electron chi connectivity index (χ4n) is 0.492. The third-order valence-electron chi connectivity index (χ3n) is 0.964. The summed E-state index contributed by atoms with van der Waals surface area (Å²) >= 11 is 4.94. The van der Waals surface area contributed by atoms with Crippen LogP contribution in [0, 0.1) is 0 Å². The molecule has 0 nitrogen and oxygen atoms in total. The lowest BCUT2D eigenvalue weighted by Gasteiger charge is -1.96. The topological polar surface area (TPSA) is 0 Å². The van der Waals surface area contributed by atoms with Crippen LogP contribution in [0.15, 0.2) is 0 Å². The van der Waals surface area contributed by atoms with E-state index in [1.165, 1.54) is 19.3 Å².